The lowest BCUT2D eigenvalue weighted by atomic mass is 10.1. The van der Waals surface area contributed by atoms with Crippen molar-refractivity contribution in [2.75, 3.05) is 0 Å². The van der Waals surface area contributed by atoms with Crippen LogP contribution in [0.1, 0.15) is 17.2 Å². The smallest absolute Gasteiger partial charge is 0.151 e. The molecule has 14 heavy (non-hydrogen) atoms. The average molecular weight is 188 g/mol. The number of aromatic amines is 1. The highest BCUT2D eigenvalue weighted by molar-refractivity contribution is 5.09. The van der Waals surface area contributed by atoms with Crippen molar-refractivity contribution in [1.82, 2.24) is 20.2 Å². The van der Waals surface area contributed by atoms with Gasteiger partial charge in [0.2, 0.25) is 0 Å². The number of nitrogens with one attached hydrogen (secondary N) is 1. The summed E-state index contributed by atoms with van der Waals surface area (Å²) in [7, 11) is 0. The summed E-state index contributed by atoms with van der Waals surface area (Å²) < 4.78 is 0. The summed E-state index contributed by atoms with van der Waals surface area (Å²) in [6.07, 6.45) is 5.45. The van der Waals surface area contributed by atoms with Gasteiger partial charge in [-0.15, -0.1) is 0 Å². The van der Waals surface area contributed by atoms with Gasteiger partial charge in [-0.1, -0.05) is 6.07 Å². The number of hydrogen-bond donors (Lipinski definition) is 1. The van der Waals surface area contributed by atoms with Gasteiger partial charge < -0.3 is 0 Å². The molecule has 1 N–H and O–H groups in total. The zero-order valence-electron chi connectivity index (χ0n) is 8.07. The zero-order valence-corrected chi connectivity index (χ0v) is 8.07. The summed E-state index contributed by atoms with van der Waals surface area (Å²) in [5.41, 5.74) is 1.22. The van der Waals surface area contributed by atoms with Crippen LogP contribution in [-0.4, -0.2) is 20.2 Å². The molecule has 4 nitrogen and oxygen atoms in total. The average Bonchev–Trinajstić information content (AvgIpc) is 2.63. The Labute approximate surface area is 82.4 Å². The van der Waals surface area contributed by atoms with Crippen LogP contribution in [0.15, 0.2) is 24.5 Å². The third-order valence-corrected chi connectivity index (χ3v) is 2.00. The maximum absolute atomic E-state index is 4.24. The molecule has 0 bridgehead atoms. The van der Waals surface area contributed by atoms with E-state index in [4.69, 9.17) is 0 Å². The highest BCUT2D eigenvalue weighted by Gasteiger charge is 2.00. The first kappa shape index (κ1) is 8.87. The number of H-pyrrole nitrogens is 1. The molecule has 2 aromatic heterocycles. The molecule has 0 atom stereocenters. The van der Waals surface area contributed by atoms with Crippen molar-refractivity contribution in [3.05, 3.63) is 41.7 Å². The van der Waals surface area contributed by atoms with Crippen LogP contribution >= 0.6 is 0 Å². The van der Waals surface area contributed by atoms with Crippen molar-refractivity contribution >= 4 is 0 Å². The minimum absolute atomic E-state index is 0.857. The Bertz CT molecular complexity index is 394. The van der Waals surface area contributed by atoms with E-state index >= 15 is 0 Å². The fourth-order valence-electron chi connectivity index (χ4n) is 1.30. The van der Waals surface area contributed by atoms with Gasteiger partial charge in [0, 0.05) is 18.8 Å². The fraction of sp³-hybridized carbons (Fsp3) is 0.300. The second kappa shape index (κ2) is 4.00. The minimum Gasteiger partial charge on any atom is -0.264 e. The lowest BCUT2D eigenvalue weighted by Crippen LogP contribution is -1.93. The Hall–Kier alpha value is -1.71. The second-order valence-corrected chi connectivity index (χ2v) is 3.20. The predicted molar refractivity (Wildman–Crippen MR) is 52.8 cm³/mol. The fourth-order valence-corrected chi connectivity index (χ4v) is 1.30. The van der Waals surface area contributed by atoms with Crippen molar-refractivity contribution in [3.8, 4) is 0 Å². The highest BCUT2D eigenvalue weighted by atomic mass is 15.2. The molecule has 0 unspecified atom stereocenters. The van der Waals surface area contributed by atoms with Crippen molar-refractivity contribution in [2.45, 2.75) is 19.8 Å². The van der Waals surface area contributed by atoms with E-state index in [-0.39, 0.29) is 0 Å². The summed E-state index contributed by atoms with van der Waals surface area (Å²) >= 11 is 0. The molecule has 0 saturated carbocycles. The van der Waals surface area contributed by atoms with Gasteiger partial charge in [-0.25, -0.2) is 4.98 Å². The predicted octanol–water partition coefficient (Wildman–Crippen LogP) is 1.29. The molecule has 2 rings (SSSR count). The van der Waals surface area contributed by atoms with Crippen LogP contribution < -0.4 is 0 Å². The maximum Gasteiger partial charge on any atom is 0.151 e. The summed E-state index contributed by atoms with van der Waals surface area (Å²) in [5.74, 6) is 1.73. The van der Waals surface area contributed by atoms with Crippen LogP contribution in [0.4, 0.5) is 0 Å². The van der Waals surface area contributed by atoms with E-state index < -0.39 is 0 Å². The number of hydrogen-bond acceptors (Lipinski definition) is 3. The van der Waals surface area contributed by atoms with Crippen LogP contribution in [0.5, 0.6) is 0 Å². The normalized spacial score (nSPS) is 10.4. The Morgan fingerprint density at radius 2 is 2.29 bits per heavy atom. The first-order chi connectivity index (χ1) is 6.84. The third-order valence-electron chi connectivity index (χ3n) is 2.00. The molecule has 4 heteroatoms. The van der Waals surface area contributed by atoms with E-state index in [1.807, 2.05) is 19.2 Å². The van der Waals surface area contributed by atoms with Gasteiger partial charge in [0.15, 0.2) is 5.82 Å². The maximum atomic E-state index is 4.24. The van der Waals surface area contributed by atoms with Crippen molar-refractivity contribution in [3.63, 3.8) is 0 Å². The van der Waals surface area contributed by atoms with Crippen molar-refractivity contribution < 1.29 is 0 Å². The molecule has 0 aliphatic heterocycles. The molecule has 0 saturated heterocycles. The quantitative estimate of drug-likeness (QED) is 0.789. The number of nitrogens with zero attached hydrogens (tertiary/aromatic N) is 3. The van der Waals surface area contributed by atoms with E-state index in [1.165, 1.54) is 5.56 Å². The Morgan fingerprint density at radius 1 is 1.36 bits per heavy atom. The zero-order chi connectivity index (χ0) is 9.80. The Balaban J connectivity index is 1.95. The molecule has 0 aliphatic rings. The van der Waals surface area contributed by atoms with Crippen molar-refractivity contribution in [1.29, 1.82) is 0 Å². The summed E-state index contributed by atoms with van der Waals surface area (Å²) in [6, 6.07) is 4.01. The number of pyridine rings is 1. The SMILES string of the molecule is Cc1nc(CCc2cccnc2)n[nH]1. The number of rotatable bonds is 3. The minimum atomic E-state index is 0.857. The standard InChI is InChI=1S/C10H12N4/c1-8-12-10(14-13-8)5-4-9-3-2-6-11-7-9/h2-3,6-7H,4-5H2,1H3,(H,12,13,14). The second-order valence-electron chi connectivity index (χ2n) is 3.20. The van der Waals surface area contributed by atoms with Gasteiger partial charge in [0.05, 0.1) is 0 Å². The summed E-state index contributed by atoms with van der Waals surface area (Å²) in [4.78, 5) is 8.29. The van der Waals surface area contributed by atoms with Crippen molar-refractivity contribution in [2.24, 2.45) is 0 Å². The first-order valence-corrected chi connectivity index (χ1v) is 4.61. The Morgan fingerprint density at radius 3 is 2.93 bits per heavy atom. The highest BCUT2D eigenvalue weighted by Crippen LogP contribution is 2.01. The van der Waals surface area contributed by atoms with Crippen LogP contribution in [0.25, 0.3) is 0 Å². The third kappa shape index (κ3) is 2.16. The molecular formula is C10H12N4. The molecule has 72 valence electrons. The van der Waals surface area contributed by atoms with E-state index in [2.05, 4.69) is 26.2 Å². The molecular weight excluding hydrogens is 176 g/mol. The van der Waals surface area contributed by atoms with Gasteiger partial charge in [-0.2, -0.15) is 5.10 Å². The van der Waals surface area contributed by atoms with E-state index in [9.17, 15) is 0 Å². The van der Waals surface area contributed by atoms with Gasteiger partial charge >= 0.3 is 0 Å². The van der Waals surface area contributed by atoms with Gasteiger partial charge in [0.25, 0.3) is 0 Å². The number of aryl methyl sites for hydroxylation is 3. The topological polar surface area (TPSA) is 54.5 Å². The number of aromatic nitrogens is 4. The molecule has 0 aliphatic carbocycles. The molecule has 0 amide bonds. The molecule has 0 spiro atoms. The van der Waals surface area contributed by atoms with Crippen LogP contribution in [-0.2, 0) is 12.8 Å². The van der Waals surface area contributed by atoms with E-state index in [0.29, 0.717) is 0 Å². The van der Waals surface area contributed by atoms with E-state index in [0.717, 1.165) is 24.5 Å². The van der Waals surface area contributed by atoms with Gasteiger partial charge in [-0.3, -0.25) is 10.1 Å². The van der Waals surface area contributed by atoms with Crippen LogP contribution in [0.3, 0.4) is 0 Å². The van der Waals surface area contributed by atoms with Gasteiger partial charge in [-0.05, 0) is 25.0 Å². The largest absolute Gasteiger partial charge is 0.264 e. The summed E-state index contributed by atoms with van der Waals surface area (Å²) in [6.45, 7) is 1.90. The Kier molecular flexibility index (Phi) is 2.53. The van der Waals surface area contributed by atoms with E-state index in [1.54, 1.807) is 6.20 Å². The summed E-state index contributed by atoms with van der Waals surface area (Å²) in [5, 5.41) is 6.90. The molecule has 0 radical (unpaired) electrons. The van der Waals surface area contributed by atoms with Gasteiger partial charge in [0.1, 0.15) is 5.82 Å². The molecule has 2 aromatic rings. The molecule has 2 heterocycles. The lowest BCUT2D eigenvalue weighted by Gasteiger charge is -1.96. The molecule has 0 fully saturated rings. The first-order valence-electron chi connectivity index (χ1n) is 4.61. The lowest BCUT2D eigenvalue weighted by molar-refractivity contribution is 0.861. The van der Waals surface area contributed by atoms with Crippen LogP contribution in [0.2, 0.25) is 0 Å². The monoisotopic (exact) mass is 188 g/mol. The molecule has 0 aromatic carbocycles. The van der Waals surface area contributed by atoms with Crippen LogP contribution in [0, 0.1) is 6.92 Å².